The molecule has 4 heteroatoms. The summed E-state index contributed by atoms with van der Waals surface area (Å²) in [5.41, 5.74) is 1.97. The Morgan fingerprint density at radius 3 is 2.28 bits per heavy atom. The van der Waals surface area contributed by atoms with Gasteiger partial charge in [0, 0.05) is 6.08 Å². The van der Waals surface area contributed by atoms with Crippen molar-refractivity contribution < 1.29 is 14.3 Å². The van der Waals surface area contributed by atoms with E-state index >= 15 is 0 Å². The van der Waals surface area contributed by atoms with E-state index in [1.165, 1.54) is 0 Å². The maximum Gasteiger partial charge on any atom is 0.244 e. The molecule has 2 aromatic carbocycles. The van der Waals surface area contributed by atoms with Gasteiger partial charge in [0.05, 0.1) is 20.3 Å². The molecule has 2 aromatic rings. The van der Waals surface area contributed by atoms with Crippen molar-refractivity contribution in [3.63, 3.8) is 0 Å². The first kappa shape index (κ1) is 18.6. The summed E-state index contributed by atoms with van der Waals surface area (Å²) >= 11 is 0. The van der Waals surface area contributed by atoms with Gasteiger partial charge in [0.1, 0.15) is 11.5 Å². The molecule has 1 N–H and O–H groups in total. The molecule has 0 spiro atoms. The molecule has 0 aliphatic carbocycles. The van der Waals surface area contributed by atoms with Crippen LogP contribution in [0.4, 0.5) is 0 Å². The van der Waals surface area contributed by atoms with Gasteiger partial charge in [-0.3, -0.25) is 4.79 Å². The van der Waals surface area contributed by atoms with Crippen LogP contribution in [0.25, 0.3) is 6.08 Å². The van der Waals surface area contributed by atoms with Crippen molar-refractivity contribution >= 4 is 12.0 Å². The normalized spacial score (nSPS) is 12.2. The van der Waals surface area contributed by atoms with Crippen LogP contribution in [0.15, 0.2) is 54.6 Å². The Morgan fingerprint density at radius 1 is 1.00 bits per heavy atom. The molecule has 0 saturated heterocycles. The predicted molar refractivity (Wildman–Crippen MR) is 101 cm³/mol. The average molecular weight is 339 g/mol. The van der Waals surface area contributed by atoms with Crippen LogP contribution in [0.1, 0.15) is 31.0 Å². The number of rotatable bonds is 7. The monoisotopic (exact) mass is 339 g/mol. The van der Waals surface area contributed by atoms with E-state index < -0.39 is 0 Å². The largest absolute Gasteiger partial charge is 0.497 e. The van der Waals surface area contributed by atoms with Crippen molar-refractivity contribution in [1.82, 2.24) is 5.32 Å². The lowest BCUT2D eigenvalue weighted by molar-refractivity contribution is -0.117. The number of hydrogen-bond acceptors (Lipinski definition) is 3. The number of hydrogen-bond donors (Lipinski definition) is 1. The van der Waals surface area contributed by atoms with Gasteiger partial charge in [-0.2, -0.15) is 0 Å². The highest BCUT2D eigenvalue weighted by atomic mass is 16.5. The van der Waals surface area contributed by atoms with Gasteiger partial charge in [-0.25, -0.2) is 0 Å². The molecule has 0 aromatic heterocycles. The maximum absolute atomic E-state index is 12.3. The van der Waals surface area contributed by atoms with Gasteiger partial charge >= 0.3 is 0 Å². The molecule has 0 radical (unpaired) electrons. The summed E-state index contributed by atoms with van der Waals surface area (Å²) in [6.45, 7) is 4.17. The third-order valence-corrected chi connectivity index (χ3v) is 3.96. The molecule has 0 fully saturated rings. The molecule has 25 heavy (non-hydrogen) atoms. The smallest absolute Gasteiger partial charge is 0.244 e. The molecular formula is C21H25NO3. The minimum atomic E-state index is -0.127. The number of methoxy groups -OCH3 is 2. The van der Waals surface area contributed by atoms with E-state index in [1.54, 1.807) is 26.4 Å². The Kier molecular flexibility index (Phi) is 6.63. The number of carbonyl (C=O) groups excluding carboxylic acids is 1. The Labute approximate surface area is 149 Å². The lowest BCUT2D eigenvalue weighted by atomic mass is 9.96. The van der Waals surface area contributed by atoms with E-state index in [9.17, 15) is 4.79 Å². The third kappa shape index (κ3) is 5.38. The van der Waals surface area contributed by atoms with Crippen LogP contribution in [-0.4, -0.2) is 20.1 Å². The zero-order valence-corrected chi connectivity index (χ0v) is 15.2. The van der Waals surface area contributed by atoms with Crippen molar-refractivity contribution in [2.75, 3.05) is 14.2 Å². The zero-order chi connectivity index (χ0) is 18.2. The minimum absolute atomic E-state index is 0.0617. The van der Waals surface area contributed by atoms with E-state index in [2.05, 4.69) is 19.2 Å². The quantitative estimate of drug-likeness (QED) is 0.768. The summed E-state index contributed by atoms with van der Waals surface area (Å²) in [6, 6.07) is 15.3. The second-order valence-electron chi connectivity index (χ2n) is 6.11. The lowest BCUT2D eigenvalue weighted by Gasteiger charge is -2.22. The van der Waals surface area contributed by atoms with Crippen LogP contribution in [0.5, 0.6) is 11.5 Å². The Hall–Kier alpha value is -2.75. The van der Waals surface area contributed by atoms with Crippen LogP contribution >= 0.6 is 0 Å². The maximum atomic E-state index is 12.3. The van der Waals surface area contributed by atoms with E-state index in [1.807, 2.05) is 48.5 Å². The first-order valence-electron chi connectivity index (χ1n) is 8.30. The van der Waals surface area contributed by atoms with Gasteiger partial charge in [-0.15, -0.1) is 0 Å². The predicted octanol–water partition coefficient (Wildman–Crippen LogP) is 4.23. The van der Waals surface area contributed by atoms with Crippen LogP contribution in [-0.2, 0) is 4.79 Å². The molecule has 1 atom stereocenters. The molecular weight excluding hydrogens is 314 g/mol. The second-order valence-corrected chi connectivity index (χ2v) is 6.11. The standard InChI is InChI=1S/C21H25NO3/c1-15(2)21(17-9-11-18(24-3)12-10-17)22-20(23)13-8-16-6-5-7-19(14-16)25-4/h5-15,21H,1-4H3,(H,22,23)/b13-8+/t21-/m0/s1. The number of nitrogens with one attached hydrogen (secondary N) is 1. The van der Waals surface area contributed by atoms with E-state index in [-0.39, 0.29) is 17.9 Å². The number of carbonyl (C=O) groups is 1. The minimum Gasteiger partial charge on any atom is -0.497 e. The Balaban J connectivity index is 2.07. The van der Waals surface area contributed by atoms with Gasteiger partial charge in [-0.1, -0.05) is 38.1 Å². The molecule has 132 valence electrons. The summed E-state index contributed by atoms with van der Waals surface area (Å²) in [7, 11) is 3.26. The van der Waals surface area contributed by atoms with E-state index in [0.29, 0.717) is 0 Å². The highest BCUT2D eigenvalue weighted by Gasteiger charge is 2.17. The van der Waals surface area contributed by atoms with Gasteiger partial charge in [0.15, 0.2) is 0 Å². The molecule has 0 unspecified atom stereocenters. The lowest BCUT2D eigenvalue weighted by Crippen LogP contribution is -2.30. The van der Waals surface area contributed by atoms with Gasteiger partial charge in [0.25, 0.3) is 0 Å². The summed E-state index contributed by atoms with van der Waals surface area (Å²) in [5.74, 6) is 1.70. The first-order chi connectivity index (χ1) is 12.0. The van der Waals surface area contributed by atoms with Crippen molar-refractivity contribution in [3.05, 3.63) is 65.7 Å². The van der Waals surface area contributed by atoms with Crippen LogP contribution in [0, 0.1) is 5.92 Å². The van der Waals surface area contributed by atoms with Crippen molar-refractivity contribution in [1.29, 1.82) is 0 Å². The molecule has 0 saturated carbocycles. The fraction of sp³-hybridized carbons (Fsp3) is 0.286. The van der Waals surface area contributed by atoms with Crippen molar-refractivity contribution in [2.45, 2.75) is 19.9 Å². The number of ether oxygens (including phenoxy) is 2. The fourth-order valence-electron chi connectivity index (χ4n) is 2.56. The molecule has 1 amide bonds. The highest BCUT2D eigenvalue weighted by molar-refractivity contribution is 5.92. The molecule has 0 heterocycles. The number of amides is 1. The topological polar surface area (TPSA) is 47.6 Å². The summed E-state index contributed by atoms with van der Waals surface area (Å²) in [4.78, 5) is 12.3. The van der Waals surface area contributed by atoms with Crippen LogP contribution in [0.2, 0.25) is 0 Å². The SMILES string of the molecule is COc1ccc([C@@H](NC(=O)/C=C/c2cccc(OC)c2)C(C)C)cc1. The van der Waals surface area contributed by atoms with Crippen LogP contribution in [0.3, 0.4) is 0 Å². The van der Waals surface area contributed by atoms with E-state index in [4.69, 9.17) is 9.47 Å². The van der Waals surface area contributed by atoms with Crippen molar-refractivity contribution in [2.24, 2.45) is 5.92 Å². The van der Waals surface area contributed by atoms with Gasteiger partial charge < -0.3 is 14.8 Å². The number of benzene rings is 2. The van der Waals surface area contributed by atoms with Crippen molar-refractivity contribution in [3.8, 4) is 11.5 Å². The Morgan fingerprint density at radius 2 is 1.68 bits per heavy atom. The summed E-state index contributed by atoms with van der Waals surface area (Å²) in [6.07, 6.45) is 3.33. The van der Waals surface area contributed by atoms with Crippen LogP contribution < -0.4 is 14.8 Å². The molecule has 4 nitrogen and oxygen atoms in total. The second kappa shape index (κ2) is 8.92. The Bertz CT molecular complexity index is 720. The average Bonchev–Trinajstić information content (AvgIpc) is 2.64. The van der Waals surface area contributed by atoms with Gasteiger partial charge in [0.2, 0.25) is 5.91 Å². The molecule has 0 bridgehead atoms. The summed E-state index contributed by atoms with van der Waals surface area (Å²) < 4.78 is 10.4. The fourth-order valence-corrected chi connectivity index (χ4v) is 2.56. The van der Waals surface area contributed by atoms with E-state index in [0.717, 1.165) is 22.6 Å². The summed E-state index contributed by atoms with van der Waals surface area (Å²) in [5, 5.41) is 3.07. The van der Waals surface area contributed by atoms with Gasteiger partial charge in [-0.05, 0) is 47.4 Å². The highest BCUT2D eigenvalue weighted by Crippen LogP contribution is 2.24. The zero-order valence-electron chi connectivity index (χ0n) is 15.2. The molecule has 2 rings (SSSR count). The molecule has 0 aliphatic rings. The first-order valence-corrected chi connectivity index (χ1v) is 8.30. The third-order valence-electron chi connectivity index (χ3n) is 3.96. The molecule has 0 aliphatic heterocycles.